The summed E-state index contributed by atoms with van der Waals surface area (Å²) >= 11 is 0. The second kappa shape index (κ2) is 3.74. The van der Waals surface area contributed by atoms with Crippen molar-refractivity contribution in [1.82, 2.24) is 0 Å². The molecular weight excluding hydrogens is 174 g/mol. The molecule has 0 aliphatic carbocycles. The van der Waals surface area contributed by atoms with E-state index in [1.807, 2.05) is 12.1 Å². The smallest absolute Gasteiger partial charge is 0.0395 e. The molecule has 2 rings (SSSR count). The first-order valence-corrected chi connectivity index (χ1v) is 4.97. The Hall–Kier alpha value is -1.44. The van der Waals surface area contributed by atoms with Gasteiger partial charge in [-0.05, 0) is 24.5 Å². The van der Waals surface area contributed by atoms with Gasteiger partial charge in [0.15, 0.2) is 0 Å². The van der Waals surface area contributed by atoms with E-state index in [-0.39, 0.29) is 5.75 Å². The summed E-state index contributed by atoms with van der Waals surface area (Å²) in [4.78, 5) is 2.22. The highest BCUT2D eigenvalue weighted by molar-refractivity contribution is 5.58. The zero-order chi connectivity index (χ0) is 9.97. The Morgan fingerprint density at radius 1 is 1.50 bits per heavy atom. The van der Waals surface area contributed by atoms with Crippen molar-refractivity contribution in [2.24, 2.45) is 0 Å². The van der Waals surface area contributed by atoms with Gasteiger partial charge in [-0.2, -0.15) is 0 Å². The van der Waals surface area contributed by atoms with Crippen molar-refractivity contribution in [3.05, 3.63) is 36.4 Å². The predicted octanol–water partition coefficient (Wildman–Crippen LogP) is 1.70. The SMILES string of the molecule is C=CCN1CCCc2ccc([O-])cc21. The summed E-state index contributed by atoms with van der Waals surface area (Å²) in [5.41, 5.74) is 2.39. The van der Waals surface area contributed by atoms with Crippen LogP contribution in [0.5, 0.6) is 5.75 Å². The Labute approximate surface area is 84.5 Å². The van der Waals surface area contributed by atoms with Crippen molar-refractivity contribution in [2.45, 2.75) is 12.8 Å². The molecule has 1 heterocycles. The minimum Gasteiger partial charge on any atom is -0.872 e. The number of nitrogens with zero attached hydrogens (tertiary/aromatic N) is 1. The zero-order valence-electron chi connectivity index (χ0n) is 8.20. The largest absolute Gasteiger partial charge is 0.872 e. The number of anilines is 1. The molecule has 1 aromatic carbocycles. The molecule has 0 spiro atoms. The van der Waals surface area contributed by atoms with Gasteiger partial charge in [0.2, 0.25) is 0 Å². The average molecular weight is 188 g/mol. The molecule has 0 aromatic heterocycles. The molecule has 74 valence electrons. The lowest BCUT2D eigenvalue weighted by Crippen LogP contribution is -2.29. The summed E-state index contributed by atoms with van der Waals surface area (Å²) in [5, 5.41) is 11.2. The summed E-state index contributed by atoms with van der Waals surface area (Å²) in [7, 11) is 0. The summed E-state index contributed by atoms with van der Waals surface area (Å²) in [6.45, 7) is 5.59. The van der Waals surface area contributed by atoms with Crippen molar-refractivity contribution in [2.75, 3.05) is 18.0 Å². The van der Waals surface area contributed by atoms with Crippen LogP contribution in [0.2, 0.25) is 0 Å². The van der Waals surface area contributed by atoms with E-state index in [1.54, 1.807) is 12.1 Å². The molecule has 0 unspecified atom stereocenters. The molecule has 0 saturated heterocycles. The maximum atomic E-state index is 11.2. The maximum absolute atomic E-state index is 11.2. The Morgan fingerprint density at radius 2 is 2.36 bits per heavy atom. The first kappa shape index (κ1) is 9.13. The first-order chi connectivity index (χ1) is 6.81. The number of aryl methyl sites for hydroxylation is 1. The lowest BCUT2D eigenvalue weighted by Gasteiger charge is -2.31. The molecule has 0 bridgehead atoms. The van der Waals surface area contributed by atoms with Crippen LogP contribution in [-0.4, -0.2) is 13.1 Å². The Bertz CT molecular complexity index is 346. The van der Waals surface area contributed by atoms with Crippen molar-refractivity contribution in [3.8, 4) is 5.75 Å². The van der Waals surface area contributed by atoms with Gasteiger partial charge in [0.05, 0.1) is 0 Å². The molecule has 14 heavy (non-hydrogen) atoms. The van der Waals surface area contributed by atoms with E-state index in [0.29, 0.717) is 0 Å². The minimum absolute atomic E-state index is 0.0970. The number of hydrogen-bond donors (Lipinski definition) is 0. The van der Waals surface area contributed by atoms with E-state index >= 15 is 0 Å². The van der Waals surface area contributed by atoms with Crippen LogP contribution in [0.4, 0.5) is 5.69 Å². The second-order valence-corrected chi connectivity index (χ2v) is 3.63. The molecule has 0 N–H and O–H groups in total. The molecule has 0 amide bonds. The monoisotopic (exact) mass is 188 g/mol. The highest BCUT2D eigenvalue weighted by atomic mass is 16.3. The van der Waals surface area contributed by atoms with Gasteiger partial charge in [-0.3, -0.25) is 0 Å². The fourth-order valence-corrected chi connectivity index (χ4v) is 1.98. The normalized spacial score (nSPS) is 15.0. The lowest BCUT2D eigenvalue weighted by atomic mass is 10.0. The van der Waals surface area contributed by atoms with Gasteiger partial charge in [-0.1, -0.05) is 18.2 Å². The molecule has 0 radical (unpaired) electrons. The number of hydrogen-bond acceptors (Lipinski definition) is 2. The molecule has 0 saturated carbocycles. The van der Waals surface area contributed by atoms with Crippen LogP contribution in [0.15, 0.2) is 30.9 Å². The minimum atomic E-state index is 0.0970. The molecular formula is C12H14NO-. The topological polar surface area (TPSA) is 26.3 Å². The van der Waals surface area contributed by atoms with Gasteiger partial charge in [-0.25, -0.2) is 0 Å². The highest BCUT2D eigenvalue weighted by Crippen LogP contribution is 2.29. The van der Waals surface area contributed by atoms with Crippen LogP contribution in [0.3, 0.4) is 0 Å². The number of fused-ring (bicyclic) bond motifs is 1. The average Bonchev–Trinajstić information content (AvgIpc) is 2.19. The third-order valence-electron chi connectivity index (χ3n) is 2.62. The first-order valence-electron chi connectivity index (χ1n) is 4.97. The second-order valence-electron chi connectivity index (χ2n) is 3.63. The van der Waals surface area contributed by atoms with Gasteiger partial charge in [-0.15, -0.1) is 12.3 Å². The molecule has 1 aliphatic heterocycles. The molecule has 0 fully saturated rings. The summed E-state index contributed by atoms with van der Waals surface area (Å²) in [5.74, 6) is 0.0970. The van der Waals surface area contributed by atoms with Gasteiger partial charge >= 0.3 is 0 Å². The number of benzene rings is 1. The van der Waals surface area contributed by atoms with Crippen molar-refractivity contribution in [3.63, 3.8) is 0 Å². The standard InChI is InChI=1S/C12H15NO/c1-2-7-13-8-3-4-10-5-6-11(14)9-12(10)13/h2,5-6,9,14H,1,3-4,7-8H2/p-1. The van der Waals surface area contributed by atoms with E-state index in [0.717, 1.165) is 25.2 Å². The van der Waals surface area contributed by atoms with E-state index in [4.69, 9.17) is 0 Å². The Balaban J connectivity index is 2.36. The van der Waals surface area contributed by atoms with Crippen LogP contribution in [0.1, 0.15) is 12.0 Å². The molecule has 1 aliphatic rings. The van der Waals surface area contributed by atoms with E-state index in [2.05, 4.69) is 11.5 Å². The van der Waals surface area contributed by atoms with Crippen LogP contribution >= 0.6 is 0 Å². The zero-order valence-corrected chi connectivity index (χ0v) is 8.20. The van der Waals surface area contributed by atoms with Gasteiger partial charge in [0, 0.05) is 18.8 Å². The van der Waals surface area contributed by atoms with Crippen LogP contribution in [-0.2, 0) is 6.42 Å². The van der Waals surface area contributed by atoms with Crippen molar-refractivity contribution in [1.29, 1.82) is 0 Å². The Kier molecular flexibility index (Phi) is 2.44. The fraction of sp³-hybridized carbons (Fsp3) is 0.333. The van der Waals surface area contributed by atoms with E-state index < -0.39 is 0 Å². The molecule has 2 heteroatoms. The quantitative estimate of drug-likeness (QED) is 0.660. The van der Waals surface area contributed by atoms with Gasteiger partial charge < -0.3 is 10.0 Å². The lowest BCUT2D eigenvalue weighted by molar-refractivity contribution is -0.268. The van der Waals surface area contributed by atoms with Gasteiger partial charge in [0.1, 0.15) is 0 Å². The summed E-state index contributed by atoms with van der Waals surface area (Å²) in [6, 6.07) is 5.33. The van der Waals surface area contributed by atoms with Crippen molar-refractivity contribution < 1.29 is 5.11 Å². The molecule has 2 nitrogen and oxygen atoms in total. The fourth-order valence-electron chi connectivity index (χ4n) is 1.98. The predicted molar refractivity (Wildman–Crippen MR) is 56.6 cm³/mol. The summed E-state index contributed by atoms with van der Waals surface area (Å²) in [6.07, 6.45) is 4.13. The van der Waals surface area contributed by atoms with Crippen LogP contribution < -0.4 is 10.0 Å². The van der Waals surface area contributed by atoms with E-state index in [9.17, 15) is 5.11 Å². The molecule has 1 aromatic rings. The van der Waals surface area contributed by atoms with Crippen LogP contribution in [0.25, 0.3) is 0 Å². The van der Waals surface area contributed by atoms with Gasteiger partial charge in [0.25, 0.3) is 0 Å². The van der Waals surface area contributed by atoms with E-state index in [1.165, 1.54) is 12.0 Å². The molecule has 0 atom stereocenters. The summed E-state index contributed by atoms with van der Waals surface area (Å²) < 4.78 is 0. The Morgan fingerprint density at radius 3 is 3.14 bits per heavy atom. The maximum Gasteiger partial charge on any atom is 0.0395 e. The number of rotatable bonds is 2. The van der Waals surface area contributed by atoms with Crippen molar-refractivity contribution >= 4 is 5.69 Å². The highest BCUT2D eigenvalue weighted by Gasteiger charge is 2.14. The van der Waals surface area contributed by atoms with Crippen LogP contribution in [0, 0.1) is 0 Å². The third kappa shape index (κ3) is 1.60. The third-order valence-corrected chi connectivity index (χ3v) is 2.62.